The van der Waals surface area contributed by atoms with Crippen molar-refractivity contribution in [3.05, 3.63) is 67.1 Å². The highest BCUT2D eigenvalue weighted by molar-refractivity contribution is 6.03. The maximum Gasteiger partial charge on any atom is 0.229 e. The van der Waals surface area contributed by atoms with Crippen LogP contribution in [0.4, 0.5) is 23.1 Å². The van der Waals surface area contributed by atoms with Crippen molar-refractivity contribution >= 4 is 35.0 Å². The molecule has 1 atom stereocenters. The monoisotopic (exact) mass is 443 g/mol. The van der Waals surface area contributed by atoms with Gasteiger partial charge in [-0.1, -0.05) is 24.3 Å². The molecule has 4 heterocycles. The third-order valence-electron chi connectivity index (χ3n) is 6.01. The Balaban J connectivity index is 1.15. The standard InChI is InChI=1S/C24H25N7O2/c32-22-14-18(17-31(22)20-6-2-1-3-7-20)23(33)28-19-15-26-24(27-16-19)30-12-10-29(11-13-30)21-8-4-5-9-25-21/h1-9,15-16,18H,10-14,17H2,(H,28,33). The maximum absolute atomic E-state index is 12.7. The van der Waals surface area contributed by atoms with Crippen molar-refractivity contribution in [2.75, 3.05) is 52.7 Å². The second-order valence-corrected chi connectivity index (χ2v) is 8.16. The zero-order valence-corrected chi connectivity index (χ0v) is 18.2. The first kappa shape index (κ1) is 20.9. The van der Waals surface area contributed by atoms with E-state index in [0.29, 0.717) is 18.2 Å². The molecule has 168 valence electrons. The molecule has 9 nitrogen and oxygen atoms in total. The Hall–Kier alpha value is -4.01. The summed E-state index contributed by atoms with van der Waals surface area (Å²) in [6.07, 6.45) is 5.24. The molecule has 2 aromatic heterocycles. The van der Waals surface area contributed by atoms with E-state index < -0.39 is 5.92 Å². The van der Waals surface area contributed by atoms with Gasteiger partial charge in [-0.2, -0.15) is 0 Å². The van der Waals surface area contributed by atoms with Crippen molar-refractivity contribution in [2.24, 2.45) is 5.92 Å². The number of anilines is 4. The second-order valence-electron chi connectivity index (χ2n) is 8.16. The summed E-state index contributed by atoms with van der Waals surface area (Å²) in [6, 6.07) is 15.3. The van der Waals surface area contributed by atoms with Crippen molar-refractivity contribution in [1.82, 2.24) is 15.0 Å². The number of para-hydroxylation sites is 1. The third-order valence-corrected chi connectivity index (χ3v) is 6.01. The van der Waals surface area contributed by atoms with E-state index in [9.17, 15) is 9.59 Å². The Kier molecular flexibility index (Phi) is 5.84. The fourth-order valence-corrected chi connectivity index (χ4v) is 4.21. The molecule has 0 aliphatic carbocycles. The topological polar surface area (TPSA) is 94.6 Å². The molecule has 2 saturated heterocycles. The summed E-state index contributed by atoms with van der Waals surface area (Å²) in [7, 11) is 0. The molecule has 0 saturated carbocycles. The number of piperazine rings is 1. The number of nitrogens with one attached hydrogen (secondary N) is 1. The molecule has 9 heteroatoms. The Morgan fingerprint density at radius 1 is 0.879 bits per heavy atom. The molecule has 33 heavy (non-hydrogen) atoms. The van der Waals surface area contributed by atoms with Gasteiger partial charge in [-0.05, 0) is 24.3 Å². The predicted octanol–water partition coefficient (Wildman–Crippen LogP) is 2.19. The van der Waals surface area contributed by atoms with Crippen molar-refractivity contribution in [2.45, 2.75) is 6.42 Å². The Bertz CT molecular complexity index is 1100. The van der Waals surface area contributed by atoms with Crippen LogP contribution in [-0.4, -0.2) is 59.5 Å². The van der Waals surface area contributed by atoms with Gasteiger partial charge in [-0.3, -0.25) is 9.59 Å². The number of rotatable bonds is 5. The van der Waals surface area contributed by atoms with E-state index in [2.05, 4.69) is 30.1 Å². The average Bonchev–Trinajstić information content (AvgIpc) is 3.27. The molecule has 0 radical (unpaired) electrons. The van der Waals surface area contributed by atoms with Gasteiger partial charge in [0.05, 0.1) is 24.0 Å². The summed E-state index contributed by atoms with van der Waals surface area (Å²) < 4.78 is 0. The van der Waals surface area contributed by atoms with Gasteiger partial charge in [-0.25, -0.2) is 15.0 Å². The molecule has 0 bridgehead atoms. The van der Waals surface area contributed by atoms with Crippen molar-refractivity contribution < 1.29 is 9.59 Å². The van der Waals surface area contributed by atoms with Gasteiger partial charge in [0.15, 0.2) is 0 Å². The van der Waals surface area contributed by atoms with E-state index in [1.54, 1.807) is 23.5 Å². The number of benzene rings is 1. The second kappa shape index (κ2) is 9.23. The zero-order chi connectivity index (χ0) is 22.6. The van der Waals surface area contributed by atoms with Crippen LogP contribution in [0.15, 0.2) is 67.1 Å². The van der Waals surface area contributed by atoms with E-state index in [0.717, 1.165) is 37.7 Å². The van der Waals surface area contributed by atoms with Crippen molar-refractivity contribution in [3.8, 4) is 0 Å². The van der Waals surface area contributed by atoms with Crippen LogP contribution in [0, 0.1) is 5.92 Å². The van der Waals surface area contributed by atoms with Gasteiger partial charge in [-0.15, -0.1) is 0 Å². The third kappa shape index (κ3) is 4.62. The highest BCUT2D eigenvalue weighted by Crippen LogP contribution is 2.26. The molecule has 1 N–H and O–H groups in total. The molecular weight excluding hydrogens is 418 g/mol. The lowest BCUT2D eigenvalue weighted by atomic mass is 10.1. The van der Waals surface area contributed by atoms with Crippen LogP contribution >= 0.6 is 0 Å². The molecule has 2 aliphatic rings. The number of hydrogen-bond donors (Lipinski definition) is 1. The molecule has 2 fully saturated rings. The fourth-order valence-electron chi connectivity index (χ4n) is 4.21. The molecule has 2 amide bonds. The number of hydrogen-bond acceptors (Lipinski definition) is 7. The number of carbonyl (C=O) groups is 2. The van der Waals surface area contributed by atoms with Gasteiger partial charge >= 0.3 is 0 Å². The summed E-state index contributed by atoms with van der Waals surface area (Å²) >= 11 is 0. The highest BCUT2D eigenvalue weighted by Gasteiger charge is 2.35. The Morgan fingerprint density at radius 2 is 1.58 bits per heavy atom. The largest absolute Gasteiger partial charge is 0.353 e. The van der Waals surface area contributed by atoms with E-state index >= 15 is 0 Å². The number of nitrogens with zero attached hydrogens (tertiary/aromatic N) is 6. The predicted molar refractivity (Wildman–Crippen MR) is 126 cm³/mol. The minimum atomic E-state index is -0.406. The number of amides is 2. The van der Waals surface area contributed by atoms with Gasteiger partial charge < -0.3 is 20.0 Å². The summed E-state index contributed by atoms with van der Waals surface area (Å²) in [5.74, 6) is 0.976. The minimum absolute atomic E-state index is 0.0437. The molecule has 3 aromatic rings. The molecule has 1 unspecified atom stereocenters. The molecule has 5 rings (SSSR count). The van der Waals surface area contributed by atoms with Gasteiger partial charge in [0, 0.05) is 51.0 Å². The summed E-state index contributed by atoms with van der Waals surface area (Å²) in [5.41, 5.74) is 1.34. The van der Waals surface area contributed by atoms with Crippen LogP contribution in [0.1, 0.15) is 6.42 Å². The zero-order valence-electron chi connectivity index (χ0n) is 18.2. The van der Waals surface area contributed by atoms with Crippen LogP contribution < -0.4 is 20.0 Å². The van der Waals surface area contributed by atoms with Crippen LogP contribution in [0.2, 0.25) is 0 Å². The fraction of sp³-hybridized carbons (Fsp3) is 0.292. The smallest absolute Gasteiger partial charge is 0.229 e. The van der Waals surface area contributed by atoms with E-state index in [4.69, 9.17) is 0 Å². The van der Waals surface area contributed by atoms with Crippen LogP contribution in [0.3, 0.4) is 0 Å². The number of pyridine rings is 1. The minimum Gasteiger partial charge on any atom is -0.353 e. The van der Waals surface area contributed by atoms with Crippen LogP contribution in [-0.2, 0) is 9.59 Å². The lowest BCUT2D eigenvalue weighted by molar-refractivity contribution is -0.122. The normalized spacial score (nSPS) is 18.5. The first-order chi connectivity index (χ1) is 16.2. The van der Waals surface area contributed by atoms with Crippen LogP contribution in [0.25, 0.3) is 0 Å². The lowest BCUT2D eigenvalue weighted by Crippen LogP contribution is -2.47. The van der Waals surface area contributed by atoms with Gasteiger partial charge in [0.25, 0.3) is 0 Å². The first-order valence-electron chi connectivity index (χ1n) is 11.1. The summed E-state index contributed by atoms with van der Waals surface area (Å²) in [4.78, 5) is 44.4. The molecular formula is C24H25N7O2. The van der Waals surface area contributed by atoms with Gasteiger partial charge in [0.1, 0.15) is 5.82 Å². The van der Waals surface area contributed by atoms with E-state index in [-0.39, 0.29) is 18.2 Å². The number of aromatic nitrogens is 3. The van der Waals surface area contributed by atoms with E-state index in [1.165, 1.54) is 0 Å². The quantitative estimate of drug-likeness (QED) is 0.646. The molecule has 2 aliphatic heterocycles. The maximum atomic E-state index is 12.7. The van der Waals surface area contributed by atoms with E-state index in [1.807, 2.05) is 48.5 Å². The van der Waals surface area contributed by atoms with Crippen molar-refractivity contribution in [3.63, 3.8) is 0 Å². The Morgan fingerprint density at radius 3 is 2.27 bits per heavy atom. The first-order valence-corrected chi connectivity index (χ1v) is 11.1. The van der Waals surface area contributed by atoms with Crippen molar-refractivity contribution in [1.29, 1.82) is 0 Å². The van der Waals surface area contributed by atoms with Gasteiger partial charge in [0.2, 0.25) is 17.8 Å². The SMILES string of the molecule is O=C(Nc1cnc(N2CCN(c3ccccn3)CC2)nc1)C1CC(=O)N(c2ccccc2)C1. The Labute approximate surface area is 192 Å². The number of carbonyl (C=O) groups excluding carboxylic acids is 2. The molecule has 0 spiro atoms. The highest BCUT2D eigenvalue weighted by atomic mass is 16.2. The molecule has 1 aromatic carbocycles. The van der Waals surface area contributed by atoms with Crippen LogP contribution in [0.5, 0.6) is 0 Å². The average molecular weight is 444 g/mol. The summed E-state index contributed by atoms with van der Waals surface area (Å²) in [6.45, 7) is 3.64. The lowest BCUT2D eigenvalue weighted by Gasteiger charge is -2.35. The summed E-state index contributed by atoms with van der Waals surface area (Å²) in [5, 5.41) is 2.86.